The van der Waals surface area contributed by atoms with Gasteiger partial charge in [-0.3, -0.25) is 9.59 Å². The maximum atomic E-state index is 13.1. The van der Waals surface area contributed by atoms with Crippen molar-refractivity contribution in [2.24, 2.45) is 0 Å². The molecule has 0 saturated carbocycles. The molecular formula is C18H25Cl2N3O4S2. The van der Waals surface area contributed by atoms with Gasteiger partial charge in [0.05, 0.1) is 16.8 Å². The Balaban J connectivity index is 2.11. The van der Waals surface area contributed by atoms with Crippen LogP contribution in [0, 0.1) is 0 Å². The van der Waals surface area contributed by atoms with Crippen molar-refractivity contribution in [3.8, 4) is 0 Å². The molecule has 2 unspecified atom stereocenters. The number of likely N-dealkylation sites (tertiary alicyclic amines) is 1. The Hall–Kier alpha value is -1.00. The molecule has 2 amide bonds. The second kappa shape index (κ2) is 10.9. The summed E-state index contributed by atoms with van der Waals surface area (Å²) in [6.07, 6.45) is 4.83. The van der Waals surface area contributed by atoms with E-state index in [-0.39, 0.29) is 29.1 Å². The number of hydrogen-bond acceptors (Lipinski definition) is 5. The van der Waals surface area contributed by atoms with Crippen LogP contribution in [0.15, 0.2) is 18.2 Å². The van der Waals surface area contributed by atoms with E-state index in [4.69, 9.17) is 23.2 Å². The minimum absolute atomic E-state index is 0.210. The largest absolute Gasteiger partial charge is 0.340 e. The molecule has 1 aliphatic heterocycles. The lowest BCUT2D eigenvalue weighted by Crippen LogP contribution is -2.55. The Kier molecular flexibility index (Phi) is 9.09. The maximum Gasteiger partial charge on any atom is 0.253 e. The lowest BCUT2D eigenvalue weighted by atomic mass is 10.0. The van der Waals surface area contributed by atoms with Crippen LogP contribution in [0.5, 0.6) is 0 Å². The molecule has 29 heavy (non-hydrogen) atoms. The van der Waals surface area contributed by atoms with Gasteiger partial charge in [-0.1, -0.05) is 23.2 Å². The summed E-state index contributed by atoms with van der Waals surface area (Å²) in [6, 6.07) is 3.50. The average molecular weight is 482 g/mol. The van der Waals surface area contributed by atoms with Gasteiger partial charge in [0, 0.05) is 24.2 Å². The van der Waals surface area contributed by atoms with Crippen LogP contribution in [0.1, 0.15) is 29.6 Å². The van der Waals surface area contributed by atoms with E-state index < -0.39 is 22.0 Å². The number of rotatable bonds is 8. The van der Waals surface area contributed by atoms with E-state index in [1.165, 1.54) is 12.1 Å². The van der Waals surface area contributed by atoms with E-state index in [2.05, 4.69) is 10.0 Å². The van der Waals surface area contributed by atoms with Crippen molar-refractivity contribution >= 4 is 56.8 Å². The fourth-order valence-corrected chi connectivity index (χ4v) is 4.96. The lowest BCUT2D eigenvalue weighted by Gasteiger charge is -2.35. The number of carbonyl (C=O) groups excluding carboxylic acids is 2. The third-order valence-electron chi connectivity index (χ3n) is 4.50. The van der Waals surface area contributed by atoms with Gasteiger partial charge in [-0.2, -0.15) is 11.8 Å². The molecule has 0 bridgehead atoms. The normalized spacial score (nSPS) is 18.3. The van der Waals surface area contributed by atoms with E-state index in [0.717, 1.165) is 6.26 Å². The summed E-state index contributed by atoms with van der Waals surface area (Å²) in [5.74, 6) is 0.00981. The van der Waals surface area contributed by atoms with Gasteiger partial charge in [0.15, 0.2) is 0 Å². The molecule has 1 saturated heterocycles. The van der Waals surface area contributed by atoms with Gasteiger partial charge in [0.25, 0.3) is 5.91 Å². The fraction of sp³-hybridized carbons (Fsp3) is 0.556. The summed E-state index contributed by atoms with van der Waals surface area (Å²) in [5, 5.41) is 3.40. The number of nitrogens with one attached hydrogen (secondary N) is 2. The third-order valence-corrected chi connectivity index (χ3v) is 6.46. The second-order valence-corrected chi connectivity index (χ2v) is 10.6. The van der Waals surface area contributed by atoms with E-state index >= 15 is 0 Å². The zero-order valence-electron chi connectivity index (χ0n) is 16.3. The number of benzene rings is 1. The topological polar surface area (TPSA) is 95.6 Å². The summed E-state index contributed by atoms with van der Waals surface area (Å²) in [6.45, 7) is 0.799. The molecule has 1 aromatic rings. The molecule has 1 aliphatic rings. The van der Waals surface area contributed by atoms with Crippen LogP contribution >= 0.6 is 35.0 Å². The highest BCUT2D eigenvalue weighted by atomic mass is 35.5. The van der Waals surface area contributed by atoms with Gasteiger partial charge in [-0.25, -0.2) is 13.1 Å². The summed E-state index contributed by atoms with van der Waals surface area (Å²) < 4.78 is 25.6. The predicted molar refractivity (Wildman–Crippen MR) is 118 cm³/mol. The first kappa shape index (κ1) is 24.3. The summed E-state index contributed by atoms with van der Waals surface area (Å²) in [4.78, 5) is 27.4. The first-order valence-corrected chi connectivity index (χ1v) is 13.2. The van der Waals surface area contributed by atoms with Gasteiger partial charge in [-0.05, 0) is 49.5 Å². The molecule has 0 spiro atoms. The molecule has 0 radical (unpaired) electrons. The van der Waals surface area contributed by atoms with Crippen LogP contribution in [-0.4, -0.2) is 68.6 Å². The molecule has 2 atom stereocenters. The van der Waals surface area contributed by atoms with Crippen molar-refractivity contribution in [2.45, 2.75) is 31.3 Å². The fourth-order valence-electron chi connectivity index (χ4n) is 3.20. The molecule has 0 aliphatic carbocycles. The van der Waals surface area contributed by atoms with Crippen molar-refractivity contribution in [2.75, 3.05) is 31.4 Å². The van der Waals surface area contributed by atoms with Gasteiger partial charge in [0.2, 0.25) is 15.9 Å². The molecule has 0 aromatic heterocycles. The number of hydrogen-bond donors (Lipinski definition) is 2. The van der Waals surface area contributed by atoms with Crippen LogP contribution in [0.3, 0.4) is 0 Å². The molecule has 1 aromatic carbocycles. The lowest BCUT2D eigenvalue weighted by molar-refractivity contribution is -0.134. The number of amides is 2. The summed E-state index contributed by atoms with van der Waals surface area (Å²) in [5.41, 5.74) is 0.244. The monoisotopic (exact) mass is 481 g/mol. The van der Waals surface area contributed by atoms with Crippen molar-refractivity contribution in [3.05, 3.63) is 33.8 Å². The molecule has 7 nitrogen and oxygen atoms in total. The van der Waals surface area contributed by atoms with Crippen molar-refractivity contribution in [1.29, 1.82) is 0 Å². The standard InChI is InChI=1S/C18H25Cl2N3O4S2/c1-28-9-7-16(21-17(24)14-6-5-12(19)10-15(14)20)18(25)23-8-3-4-13(11-23)22-29(2,26)27/h5-6,10,13,16,22H,3-4,7-9,11H2,1-2H3,(H,21,24). The highest BCUT2D eigenvalue weighted by Crippen LogP contribution is 2.21. The minimum atomic E-state index is -3.36. The Labute approximate surface area is 185 Å². The number of thioether (sulfide) groups is 1. The smallest absolute Gasteiger partial charge is 0.253 e. The minimum Gasteiger partial charge on any atom is -0.340 e. The van der Waals surface area contributed by atoms with Crippen molar-refractivity contribution in [3.63, 3.8) is 0 Å². The molecule has 2 rings (SSSR count). The summed E-state index contributed by atoms with van der Waals surface area (Å²) >= 11 is 13.6. The number of nitrogens with zero attached hydrogens (tertiary/aromatic N) is 1. The highest BCUT2D eigenvalue weighted by Gasteiger charge is 2.31. The maximum absolute atomic E-state index is 13.1. The first-order valence-electron chi connectivity index (χ1n) is 9.11. The Morgan fingerprint density at radius 1 is 1.34 bits per heavy atom. The van der Waals surface area contributed by atoms with Gasteiger partial charge in [0.1, 0.15) is 6.04 Å². The van der Waals surface area contributed by atoms with E-state index in [9.17, 15) is 18.0 Å². The Bertz CT molecular complexity index is 852. The van der Waals surface area contributed by atoms with Gasteiger partial charge in [-0.15, -0.1) is 0 Å². The quantitative estimate of drug-likeness (QED) is 0.594. The molecule has 1 heterocycles. The molecular weight excluding hydrogens is 457 g/mol. The van der Waals surface area contributed by atoms with Crippen molar-refractivity contribution in [1.82, 2.24) is 14.9 Å². The Morgan fingerprint density at radius 3 is 2.69 bits per heavy atom. The van der Waals surface area contributed by atoms with E-state index in [1.807, 2.05) is 6.26 Å². The third kappa shape index (κ3) is 7.64. The Morgan fingerprint density at radius 2 is 2.07 bits per heavy atom. The zero-order chi connectivity index (χ0) is 21.6. The van der Waals surface area contributed by atoms with E-state index in [1.54, 1.807) is 22.7 Å². The van der Waals surface area contributed by atoms with Crippen LogP contribution in [0.25, 0.3) is 0 Å². The molecule has 11 heteroatoms. The highest BCUT2D eigenvalue weighted by molar-refractivity contribution is 7.98. The number of piperidine rings is 1. The molecule has 1 fully saturated rings. The molecule has 2 N–H and O–H groups in total. The van der Waals surface area contributed by atoms with Gasteiger partial charge >= 0.3 is 0 Å². The summed E-state index contributed by atoms with van der Waals surface area (Å²) in [7, 11) is -3.36. The molecule has 162 valence electrons. The van der Waals surface area contributed by atoms with Crippen LogP contribution in [0.4, 0.5) is 0 Å². The number of sulfonamides is 1. The van der Waals surface area contributed by atoms with E-state index in [0.29, 0.717) is 36.6 Å². The van der Waals surface area contributed by atoms with Crippen LogP contribution in [-0.2, 0) is 14.8 Å². The average Bonchev–Trinajstić information content (AvgIpc) is 2.63. The van der Waals surface area contributed by atoms with Crippen LogP contribution < -0.4 is 10.0 Å². The van der Waals surface area contributed by atoms with Gasteiger partial charge < -0.3 is 10.2 Å². The zero-order valence-corrected chi connectivity index (χ0v) is 19.4. The number of halogens is 2. The first-order chi connectivity index (χ1) is 13.6. The predicted octanol–water partition coefficient (Wildman–Crippen LogP) is 2.39. The van der Waals surface area contributed by atoms with Crippen molar-refractivity contribution < 1.29 is 18.0 Å². The second-order valence-electron chi connectivity index (χ2n) is 6.95. The SMILES string of the molecule is CSCCC(NC(=O)c1ccc(Cl)cc1Cl)C(=O)N1CCCC(NS(C)(=O)=O)C1. The number of carbonyl (C=O) groups is 2. The van der Waals surface area contributed by atoms with Crippen LogP contribution in [0.2, 0.25) is 10.0 Å².